The number of hydrogen-bond acceptors (Lipinski definition) is 3. The standard InChI is InChI=1S/C12H16N4OS/c1-2-6-16-10-8(11(18)15-12(16)17)13-9(14-10)7-4-3-5-7/h7H,2-6H2,1H3,(H,13,14)(H,15,17,18). The first-order valence-corrected chi connectivity index (χ1v) is 6.84. The topological polar surface area (TPSA) is 66.5 Å². The van der Waals surface area contributed by atoms with Gasteiger partial charge in [-0.2, -0.15) is 0 Å². The summed E-state index contributed by atoms with van der Waals surface area (Å²) in [4.78, 5) is 22.5. The minimum absolute atomic E-state index is 0.166. The van der Waals surface area contributed by atoms with E-state index in [2.05, 4.69) is 15.0 Å². The summed E-state index contributed by atoms with van der Waals surface area (Å²) in [5.41, 5.74) is 1.33. The van der Waals surface area contributed by atoms with E-state index in [0.29, 0.717) is 22.8 Å². The number of hydrogen-bond donors (Lipinski definition) is 2. The van der Waals surface area contributed by atoms with E-state index in [0.717, 1.165) is 17.8 Å². The van der Waals surface area contributed by atoms with Crippen molar-refractivity contribution in [3.63, 3.8) is 0 Å². The van der Waals surface area contributed by atoms with Gasteiger partial charge in [0.2, 0.25) is 0 Å². The molecule has 2 aromatic rings. The molecule has 2 N–H and O–H groups in total. The van der Waals surface area contributed by atoms with Crippen molar-refractivity contribution in [1.29, 1.82) is 0 Å². The van der Waals surface area contributed by atoms with Crippen molar-refractivity contribution in [2.24, 2.45) is 0 Å². The van der Waals surface area contributed by atoms with E-state index in [1.54, 1.807) is 4.57 Å². The zero-order valence-electron chi connectivity index (χ0n) is 10.3. The Morgan fingerprint density at radius 2 is 2.22 bits per heavy atom. The molecule has 2 aromatic heterocycles. The van der Waals surface area contributed by atoms with Gasteiger partial charge in [0, 0.05) is 12.5 Å². The van der Waals surface area contributed by atoms with Crippen LogP contribution in [-0.2, 0) is 6.54 Å². The molecule has 0 aliphatic heterocycles. The molecule has 3 rings (SSSR count). The van der Waals surface area contributed by atoms with Crippen LogP contribution in [0.5, 0.6) is 0 Å². The van der Waals surface area contributed by atoms with Gasteiger partial charge < -0.3 is 4.98 Å². The second-order valence-electron chi connectivity index (χ2n) is 4.86. The van der Waals surface area contributed by atoms with Crippen molar-refractivity contribution in [2.45, 2.75) is 45.1 Å². The van der Waals surface area contributed by atoms with Crippen LogP contribution in [0.15, 0.2) is 4.79 Å². The smallest absolute Gasteiger partial charge is 0.328 e. The van der Waals surface area contributed by atoms with Crippen LogP contribution in [0.4, 0.5) is 0 Å². The van der Waals surface area contributed by atoms with Gasteiger partial charge in [-0.3, -0.25) is 9.55 Å². The van der Waals surface area contributed by atoms with E-state index in [-0.39, 0.29) is 5.69 Å². The Morgan fingerprint density at radius 3 is 2.83 bits per heavy atom. The summed E-state index contributed by atoms with van der Waals surface area (Å²) in [7, 11) is 0. The normalized spacial score (nSPS) is 16.1. The van der Waals surface area contributed by atoms with Gasteiger partial charge >= 0.3 is 5.69 Å². The van der Waals surface area contributed by atoms with E-state index in [1.807, 2.05) is 6.92 Å². The second kappa shape index (κ2) is 4.35. The maximum absolute atomic E-state index is 11.9. The fourth-order valence-electron chi connectivity index (χ4n) is 2.36. The summed E-state index contributed by atoms with van der Waals surface area (Å²) >= 11 is 5.20. The third kappa shape index (κ3) is 1.71. The van der Waals surface area contributed by atoms with Crippen molar-refractivity contribution < 1.29 is 0 Å². The summed E-state index contributed by atoms with van der Waals surface area (Å²) in [6.07, 6.45) is 4.50. The van der Waals surface area contributed by atoms with Crippen molar-refractivity contribution in [3.8, 4) is 0 Å². The number of H-pyrrole nitrogens is 2. The maximum Gasteiger partial charge on any atom is 0.328 e. The van der Waals surface area contributed by atoms with Gasteiger partial charge in [0.05, 0.1) is 0 Å². The lowest BCUT2D eigenvalue weighted by Gasteiger charge is -2.22. The minimum atomic E-state index is -0.166. The maximum atomic E-state index is 11.9. The lowest BCUT2D eigenvalue weighted by molar-refractivity contribution is 0.404. The first-order valence-electron chi connectivity index (χ1n) is 6.43. The molecular formula is C12H16N4OS. The molecule has 6 heteroatoms. The molecule has 1 aliphatic rings. The Balaban J connectivity index is 2.23. The number of aryl methyl sites for hydroxylation is 1. The Bertz CT molecular complexity index is 692. The molecule has 0 radical (unpaired) electrons. The monoisotopic (exact) mass is 264 g/mol. The number of nitrogens with zero attached hydrogens (tertiary/aromatic N) is 2. The SMILES string of the molecule is CCCn1c(=O)[nH]c(=S)c2[nH]c(C3CCC3)nc21. The van der Waals surface area contributed by atoms with Crippen molar-refractivity contribution in [3.05, 3.63) is 20.9 Å². The number of imidazole rings is 1. The van der Waals surface area contributed by atoms with Crippen molar-refractivity contribution >= 4 is 23.4 Å². The third-order valence-corrected chi connectivity index (χ3v) is 3.90. The summed E-state index contributed by atoms with van der Waals surface area (Å²) in [5, 5.41) is 0. The zero-order valence-corrected chi connectivity index (χ0v) is 11.1. The first kappa shape index (κ1) is 11.6. The van der Waals surface area contributed by atoms with Gasteiger partial charge in [-0.05, 0) is 19.3 Å². The predicted molar refractivity (Wildman–Crippen MR) is 72.4 cm³/mol. The predicted octanol–water partition coefficient (Wildman–Crippen LogP) is 2.46. The highest BCUT2D eigenvalue weighted by Gasteiger charge is 2.23. The Hall–Kier alpha value is -1.43. The summed E-state index contributed by atoms with van der Waals surface area (Å²) in [6, 6.07) is 0. The van der Waals surface area contributed by atoms with Crippen LogP contribution in [0, 0.1) is 4.64 Å². The molecule has 2 heterocycles. The van der Waals surface area contributed by atoms with E-state index in [4.69, 9.17) is 12.2 Å². The summed E-state index contributed by atoms with van der Waals surface area (Å²) in [6.45, 7) is 2.70. The molecule has 1 fully saturated rings. The molecule has 5 nitrogen and oxygen atoms in total. The molecule has 1 saturated carbocycles. The molecule has 1 aliphatic carbocycles. The third-order valence-electron chi connectivity index (χ3n) is 3.59. The summed E-state index contributed by atoms with van der Waals surface area (Å²) < 4.78 is 2.13. The molecule has 0 unspecified atom stereocenters. The number of aromatic amines is 2. The fraction of sp³-hybridized carbons (Fsp3) is 0.583. The first-order chi connectivity index (χ1) is 8.70. The van der Waals surface area contributed by atoms with Gasteiger partial charge in [-0.15, -0.1) is 0 Å². The molecular weight excluding hydrogens is 248 g/mol. The summed E-state index contributed by atoms with van der Waals surface area (Å²) in [5.74, 6) is 1.49. The number of nitrogens with one attached hydrogen (secondary N) is 2. The van der Waals surface area contributed by atoms with E-state index < -0.39 is 0 Å². The van der Waals surface area contributed by atoms with Crippen LogP contribution < -0.4 is 5.69 Å². The zero-order chi connectivity index (χ0) is 12.7. The molecule has 0 saturated heterocycles. The average molecular weight is 264 g/mol. The van der Waals surface area contributed by atoms with Crippen LogP contribution in [0.3, 0.4) is 0 Å². The van der Waals surface area contributed by atoms with Gasteiger partial charge in [0.25, 0.3) is 0 Å². The fourth-order valence-corrected chi connectivity index (χ4v) is 2.59. The Labute approximate surface area is 109 Å². The van der Waals surface area contributed by atoms with E-state index >= 15 is 0 Å². The Kier molecular flexibility index (Phi) is 2.81. The Morgan fingerprint density at radius 1 is 1.44 bits per heavy atom. The lowest BCUT2D eigenvalue weighted by Crippen LogP contribution is -2.23. The van der Waals surface area contributed by atoms with Gasteiger partial charge in [-0.25, -0.2) is 9.78 Å². The second-order valence-corrected chi connectivity index (χ2v) is 5.27. The highest BCUT2D eigenvalue weighted by atomic mass is 32.1. The molecule has 0 aromatic carbocycles. The van der Waals surface area contributed by atoms with Crippen LogP contribution in [0.25, 0.3) is 11.2 Å². The molecule has 0 bridgehead atoms. The largest absolute Gasteiger partial charge is 0.338 e. The van der Waals surface area contributed by atoms with Crippen molar-refractivity contribution in [2.75, 3.05) is 0 Å². The van der Waals surface area contributed by atoms with Crippen LogP contribution in [-0.4, -0.2) is 19.5 Å². The number of aromatic nitrogens is 4. The quantitative estimate of drug-likeness (QED) is 0.837. The van der Waals surface area contributed by atoms with Crippen molar-refractivity contribution in [1.82, 2.24) is 19.5 Å². The molecule has 0 atom stereocenters. The molecule has 0 amide bonds. The van der Waals surface area contributed by atoms with Gasteiger partial charge in [0.15, 0.2) is 5.65 Å². The molecule has 0 spiro atoms. The molecule has 18 heavy (non-hydrogen) atoms. The minimum Gasteiger partial charge on any atom is -0.338 e. The lowest BCUT2D eigenvalue weighted by atomic mass is 9.85. The van der Waals surface area contributed by atoms with Crippen LogP contribution >= 0.6 is 12.2 Å². The van der Waals surface area contributed by atoms with Gasteiger partial charge in [-0.1, -0.05) is 25.6 Å². The number of rotatable bonds is 3. The van der Waals surface area contributed by atoms with Gasteiger partial charge in [0.1, 0.15) is 16.0 Å². The van der Waals surface area contributed by atoms with Crippen LogP contribution in [0.2, 0.25) is 0 Å². The highest BCUT2D eigenvalue weighted by molar-refractivity contribution is 7.71. The van der Waals surface area contributed by atoms with E-state index in [1.165, 1.54) is 19.3 Å². The van der Waals surface area contributed by atoms with Crippen LogP contribution in [0.1, 0.15) is 44.3 Å². The van der Waals surface area contributed by atoms with E-state index in [9.17, 15) is 4.79 Å². The number of fused-ring (bicyclic) bond motifs is 1. The average Bonchev–Trinajstić information content (AvgIpc) is 2.66. The highest BCUT2D eigenvalue weighted by Crippen LogP contribution is 2.35. The molecule has 96 valence electrons.